The van der Waals surface area contributed by atoms with E-state index >= 15 is 0 Å². The second-order valence-electron chi connectivity index (χ2n) is 13.9. The molecule has 46 heavy (non-hydrogen) atoms. The molecule has 0 spiro atoms. The van der Waals surface area contributed by atoms with Crippen LogP contribution in [0, 0.1) is 5.92 Å². The van der Waals surface area contributed by atoms with Crippen molar-refractivity contribution in [2.75, 3.05) is 20.6 Å². The number of allylic oxidation sites excluding steroid dienone is 8. The summed E-state index contributed by atoms with van der Waals surface area (Å²) in [6.07, 6.45) is 48.6. The summed E-state index contributed by atoms with van der Waals surface area (Å²) in [5.41, 5.74) is 0. The van der Waals surface area contributed by atoms with E-state index in [1.165, 1.54) is 135 Å². The van der Waals surface area contributed by atoms with E-state index < -0.39 is 6.16 Å². The van der Waals surface area contributed by atoms with Gasteiger partial charge in [0, 0.05) is 0 Å². The summed E-state index contributed by atoms with van der Waals surface area (Å²) >= 11 is 0. The maximum Gasteiger partial charge on any atom is 0.506 e. The van der Waals surface area contributed by atoms with E-state index in [2.05, 4.69) is 81.5 Å². The van der Waals surface area contributed by atoms with Gasteiger partial charge in [-0.15, -0.1) is 0 Å². The summed E-state index contributed by atoms with van der Waals surface area (Å²) in [5, 5.41) is 9.15. The van der Waals surface area contributed by atoms with Gasteiger partial charge >= 0.3 is 6.16 Å². The third-order valence-electron chi connectivity index (χ3n) is 8.88. The lowest BCUT2D eigenvalue weighted by Gasteiger charge is -2.15. The van der Waals surface area contributed by atoms with Crippen molar-refractivity contribution in [2.24, 2.45) is 5.92 Å². The molecule has 0 amide bonds. The minimum atomic E-state index is -1.12. The van der Waals surface area contributed by atoms with Crippen molar-refractivity contribution >= 4 is 6.16 Å². The Balaban J connectivity index is 3.65. The van der Waals surface area contributed by atoms with Crippen molar-refractivity contribution in [3.63, 3.8) is 0 Å². The number of unbranched alkanes of at least 4 members (excludes halogenated alkanes) is 16. The number of hydrogen-bond donors (Lipinski definition) is 1. The highest BCUT2D eigenvalue weighted by molar-refractivity contribution is 5.57. The van der Waals surface area contributed by atoms with Crippen LogP contribution >= 0.6 is 0 Å². The van der Waals surface area contributed by atoms with Gasteiger partial charge in [0.15, 0.2) is 0 Å². The maximum absolute atomic E-state index is 11.2. The molecule has 0 aromatic carbocycles. The Kier molecular flexibility index (Phi) is 34.6. The molecule has 0 saturated heterocycles. The van der Waals surface area contributed by atoms with E-state index in [0.29, 0.717) is 0 Å². The number of ether oxygens (including phenoxy) is 1. The van der Waals surface area contributed by atoms with Crippen LogP contribution in [0.25, 0.3) is 0 Å². The maximum atomic E-state index is 11.2. The highest BCUT2D eigenvalue weighted by Crippen LogP contribution is 2.18. The predicted octanol–water partition coefficient (Wildman–Crippen LogP) is 13.6. The Hall–Kier alpha value is -1.81. The molecule has 0 fully saturated rings. The Labute approximate surface area is 287 Å². The molecule has 0 heterocycles. The standard InChI is InChI=1S/C42H77NO3/c1-5-6-7-8-9-10-11-12-13-14-18-21-24-27-30-33-36-41(46-42(44)45)37-34-31-28-25-22-19-16-15-17-20-23-26-29-32-35-40(2)38-39-43(3)4/h9-10,12-13,15,17,23,26,40-41H,5-8,11,14,16,18-22,24-25,27-39H2,1-4H3,(H,44,45)/b10-9-,13-12-,17-15-,26-23-. The molecule has 4 nitrogen and oxygen atoms in total. The van der Waals surface area contributed by atoms with Crippen molar-refractivity contribution in [1.82, 2.24) is 4.90 Å². The number of carboxylic acid groups (broad SMARTS) is 1. The molecule has 0 saturated carbocycles. The predicted molar refractivity (Wildman–Crippen MR) is 203 cm³/mol. The van der Waals surface area contributed by atoms with Gasteiger partial charge in [-0.1, -0.05) is 133 Å². The van der Waals surface area contributed by atoms with Crippen molar-refractivity contribution in [1.29, 1.82) is 0 Å². The summed E-state index contributed by atoms with van der Waals surface area (Å²) in [6.45, 7) is 5.83. The Morgan fingerprint density at radius 2 is 0.978 bits per heavy atom. The van der Waals surface area contributed by atoms with E-state index in [-0.39, 0.29) is 6.10 Å². The fourth-order valence-electron chi connectivity index (χ4n) is 5.82. The van der Waals surface area contributed by atoms with Gasteiger partial charge in [0.2, 0.25) is 0 Å². The smallest absolute Gasteiger partial charge is 0.450 e. The average molecular weight is 644 g/mol. The zero-order valence-corrected chi connectivity index (χ0v) is 31.1. The molecule has 268 valence electrons. The van der Waals surface area contributed by atoms with Crippen LogP contribution in [0.5, 0.6) is 0 Å². The zero-order valence-electron chi connectivity index (χ0n) is 31.1. The minimum absolute atomic E-state index is 0.126. The monoisotopic (exact) mass is 644 g/mol. The van der Waals surface area contributed by atoms with Crippen LogP contribution in [-0.4, -0.2) is 42.9 Å². The van der Waals surface area contributed by atoms with Crippen LogP contribution in [0.3, 0.4) is 0 Å². The van der Waals surface area contributed by atoms with Crippen molar-refractivity contribution in [3.8, 4) is 0 Å². The summed E-state index contributed by atoms with van der Waals surface area (Å²) in [7, 11) is 4.31. The third-order valence-corrected chi connectivity index (χ3v) is 8.88. The van der Waals surface area contributed by atoms with E-state index in [9.17, 15) is 4.79 Å². The molecular formula is C42H77NO3. The summed E-state index contributed by atoms with van der Waals surface area (Å²) in [6, 6.07) is 0. The molecule has 4 heteroatoms. The summed E-state index contributed by atoms with van der Waals surface area (Å²) < 4.78 is 5.21. The van der Waals surface area contributed by atoms with Crippen molar-refractivity contribution in [3.05, 3.63) is 48.6 Å². The van der Waals surface area contributed by atoms with Gasteiger partial charge in [-0.25, -0.2) is 4.79 Å². The molecule has 0 radical (unpaired) electrons. The van der Waals surface area contributed by atoms with Crippen LogP contribution < -0.4 is 0 Å². The van der Waals surface area contributed by atoms with Crippen LogP contribution in [0.4, 0.5) is 4.79 Å². The van der Waals surface area contributed by atoms with Crippen LogP contribution in [0.15, 0.2) is 48.6 Å². The lowest BCUT2D eigenvalue weighted by Crippen LogP contribution is -2.16. The molecule has 0 aromatic heterocycles. The van der Waals surface area contributed by atoms with Crippen molar-refractivity contribution < 1.29 is 14.6 Å². The summed E-state index contributed by atoms with van der Waals surface area (Å²) in [5.74, 6) is 0.828. The SMILES string of the molecule is CCCCC/C=C\C/C=C\CCCCCCCCC(CCCCCCCC/C=C\C/C=C\CCCC(C)CCN(C)C)OC(=O)O. The molecule has 1 N–H and O–H groups in total. The Morgan fingerprint density at radius 1 is 0.565 bits per heavy atom. The van der Waals surface area contributed by atoms with Gasteiger partial charge in [-0.05, 0) is 123 Å². The molecule has 0 bridgehead atoms. The van der Waals surface area contributed by atoms with E-state index in [1.807, 2.05) is 0 Å². The zero-order chi connectivity index (χ0) is 33.8. The Morgan fingerprint density at radius 3 is 1.41 bits per heavy atom. The van der Waals surface area contributed by atoms with E-state index in [0.717, 1.165) is 44.4 Å². The molecule has 0 rings (SSSR count). The van der Waals surface area contributed by atoms with Gasteiger partial charge in [0.05, 0.1) is 0 Å². The molecule has 0 aliphatic rings. The first kappa shape index (κ1) is 44.2. The first-order valence-electron chi connectivity index (χ1n) is 19.6. The highest BCUT2D eigenvalue weighted by atomic mass is 16.7. The van der Waals surface area contributed by atoms with Gasteiger partial charge < -0.3 is 14.7 Å². The van der Waals surface area contributed by atoms with Crippen LogP contribution in [0.1, 0.15) is 181 Å². The third kappa shape index (κ3) is 36.7. The Bertz CT molecular complexity index is 754. The highest BCUT2D eigenvalue weighted by Gasteiger charge is 2.13. The molecule has 0 aromatic rings. The fourth-order valence-corrected chi connectivity index (χ4v) is 5.82. The topological polar surface area (TPSA) is 49.8 Å². The molecule has 2 unspecified atom stereocenters. The molecule has 0 aliphatic carbocycles. The second-order valence-corrected chi connectivity index (χ2v) is 13.9. The number of nitrogens with zero attached hydrogens (tertiary/aromatic N) is 1. The number of carbonyl (C=O) groups is 1. The van der Waals surface area contributed by atoms with Crippen LogP contribution in [0.2, 0.25) is 0 Å². The van der Waals surface area contributed by atoms with E-state index in [1.54, 1.807) is 0 Å². The first-order valence-corrected chi connectivity index (χ1v) is 19.6. The van der Waals surface area contributed by atoms with E-state index in [4.69, 9.17) is 9.84 Å². The summed E-state index contributed by atoms with van der Waals surface area (Å²) in [4.78, 5) is 13.4. The quantitative estimate of drug-likeness (QED) is 0.0430. The van der Waals surface area contributed by atoms with Gasteiger partial charge in [-0.2, -0.15) is 0 Å². The van der Waals surface area contributed by atoms with Crippen molar-refractivity contribution in [2.45, 2.75) is 187 Å². The van der Waals surface area contributed by atoms with Gasteiger partial charge in [-0.3, -0.25) is 0 Å². The fraction of sp³-hybridized carbons (Fsp3) is 0.786. The van der Waals surface area contributed by atoms with Gasteiger partial charge in [0.25, 0.3) is 0 Å². The minimum Gasteiger partial charge on any atom is -0.450 e. The largest absolute Gasteiger partial charge is 0.506 e. The molecule has 2 atom stereocenters. The molecule has 0 aliphatic heterocycles. The second kappa shape index (κ2) is 36.0. The van der Waals surface area contributed by atoms with Gasteiger partial charge in [0.1, 0.15) is 6.10 Å². The molecular weight excluding hydrogens is 566 g/mol. The normalized spacial score (nSPS) is 13.7. The lowest BCUT2D eigenvalue weighted by molar-refractivity contribution is 0.0422. The number of rotatable bonds is 34. The first-order chi connectivity index (χ1) is 22.5. The average Bonchev–Trinajstić information content (AvgIpc) is 3.02. The number of hydrogen-bond acceptors (Lipinski definition) is 3. The lowest BCUT2D eigenvalue weighted by atomic mass is 10.0. The van der Waals surface area contributed by atoms with Crippen LogP contribution in [-0.2, 0) is 4.74 Å².